The van der Waals surface area contributed by atoms with E-state index in [0.717, 1.165) is 64.2 Å². The van der Waals surface area contributed by atoms with Crippen molar-refractivity contribution in [1.82, 2.24) is 0 Å². The molecule has 8 heteroatoms. The van der Waals surface area contributed by atoms with Crippen molar-refractivity contribution in [2.75, 3.05) is 14.2 Å². The van der Waals surface area contributed by atoms with Gasteiger partial charge in [-0.25, -0.2) is 9.78 Å². The Kier molecular flexibility index (Phi) is 19.9. The van der Waals surface area contributed by atoms with Gasteiger partial charge in [0, 0.05) is 25.7 Å². The lowest BCUT2D eigenvalue weighted by Gasteiger charge is -2.21. The van der Waals surface area contributed by atoms with Crippen molar-refractivity contribution in [1.29, 1.82) is 0 Å². The molecule has 184 valence electrons. The molecule has 0 aromatic carbocycles. The summed E-state index contributed by atoms with van der Waals surface area (Å²) in [6, 6.07) is 0. The summed E-state index contributed by atoms with van der Waals surface area (Å²) in [7, 11) is 2.81. The minimum atomic E-state index is -0.980. The summed E-state index contributed by atoms with van der Waals surface area (Å²) < 4.78 is 15.0. The first kappa shape index (κ1) is 29.8. The van der Waals surface area contributed by atoms with Gasteiger partial charge in [0.05, 0.1) is 20.3 Å². The third kappa shape index (κ3) is 20.4. The van der Waals surface area contributed by atoms with E-state index in [1.807, 2.05) is 13.8 Å². The minimum absolute atomic E-state index is 0.00390. The van der Waals surface area contributed by atoms with E-state index in [4.69, 9.17) is 14.5 Å². The lowest BCUT2D eigenvalue weighted by molar-refractivity contribution is -0.433. The summed E-state index contributed by atoms with van der Waals surface area (Å²) in [6.07, 6.45) is 9.99. The van der Waals surface area contributed by atoms with Crippen LogP contribution in [0.3, 0.4) is 0 Å². The van der Waals surface area contributed by atoms with Crippen LogP contribution in [0, 0.1) is 0 Å². The molecule has 2 unspecified atom stereocenters. The fraction of sp³-hybridized carbons (Fsp3) is 0.913. The van der Waals surface area contributed by atoms with Gasteiger partial charge in [-0.2, -0.15) is 0 Å². The van der Waals surface area contributed by atoms with Crippen molar-refractivity contribution in [2.45, 2.75) is 122 Å². The highest BCUT2D eigenvalue weighted by Gasteiger charge is 2.15. The van der Waals surface area contributed by atoms with Crippen molar-refractivity contribution >= 4 is 11.9 Å². The van der Waals surface area contributed by atoms with E-state index >= 15 is 0 Å². The van der Waals surface area contributed by atoms with Gasteiger partial charge in [0.15, 0.2) is 12.6 Å². The van der Waals surface area contributed by atoms with E-state index in [0.29, 0.717) is 25.7 Å². The first-order valence-corrected chi connectivity index (χ1v) is 11.7. The van der Waals surface area contributed by atoms with Crippen LogP contribution in [0.5, 0.6) is 0 Å². The number of aliphatic hydroxyl groups excluding tert-OH is 1. The maximum Gasteiger partial charge on any atom is 0.305 e. The number of hydrogen-bond acceptors (Lipinski definition) is 8. The molecule has 0 aliphatic carbocycles. The molecule has 0 bridgehead atoms. The predicted octanol–water partition coefficient (Wildman–Crippen LogP) is 4.81. The number of aliphatic hydroxyl groups is 1. The highest BCUT2D eigenvalue weighted by molar-refractivity contribution is 5.69. The molecule has 0 aromatic heterocycles. The molecule has 0 aromatic rings. The van der Waals surface area contributed by atoms with E-state index in [-0.39, 0.29) is 18.0 Å². The maximum absolute atomic E-state index is 11.1. The Balaban J connectivity index is 3.81. The lowest BCUT2D eigenvalue weighted by Crippen LogP contribution is -2.24. The van der Waals surface area contributed by atoms with E-state index in [1.54, 1.807) is 0 Å². The van der Waals surface area contributed by atoms with Crippen LogP contribution in [0.1, 0.15) is 104 Å². The number of hydrogen-bond donors (Lipinski definition) is 1. The quantitative estimate of drug-likeness (QED) is 0.0877. The smallest absolute Gasteiger partial charge is 0.305 e. The summed E-state index contributed by atoms with van der Waals surface area (Å²) in [5, 5.41) is 9.97. The average molecular weight is 449 g/mol. The molecule has 0 fully saturated rings. The van der Waals surface area contributed by atoms with Gasteiger partial charge in [0.2, 0.25) is 0 Å². The van der Waals surface area contributed by atoms with E-state index in [2.05, 4.69) is 9.47 Å². The Morgan fingerprint density at radius 3 is 1.61 bits per heavy atom. The largest absolute Gasteiger partial charge is 0.469 e. The van der Waals surface area contributed by atoms with Gasteiger partial charge >= 0.3 is 11.9 Å². The van der Waals surface area contributed by atoms with Crippen molar-refractivity contribution in [2.24, 2.45) is 0 Å². The summed E-state index contributed by atoms with van der Waals surface area (Å²) in [6.45, 7) is 3.86. The molecule has 0 heterocycles. The number of ether oxygens (including phenoxy) is 3. The second-order valence-electron chi connectivity index (χ2n) is 8.03. The molecule has 2 atom stereocenters. The van der Waals surface area contributed by atoms with E-state index < -0.39 is 12.6 Å². The van der Waals surface area contributed by atoms with Crippen LogP contribution >= 0.6 is 0 Å². The second kappa shape index (κ2) is 20.7. The molecular formula is C23H44O8. The number of carbonyl (C=O) groups is 2. The number of methoxy groups -OCH3 is 2. The normalized spacial score (nSPS) is 13.2. The Hall–Kier alpha value is -1.22. The number of esters is 2. The second-order valence-corrected chi connectivity index (χ2v) is 8.03. The van der Waals surface area contributed by atoms with Crippen LogP contribution in [0.15, 0.2) is 0 Å². The van der Waals surface area contributed by atoms with Crippen LogP contribution < -0.4 is 0 Å². The summed E-state index contributed by atoms with van der Waals surface area (Å²) in [5.74, 6) is -0.328. The highest BCUT2D eigenvalue weighted by atomic mass is 17.2. The monoisotopic (exact) mass is 448 g/mol. The molecule has 0 rings (SSSR count). The van der Waals surface area contributed by atoms with Gasteiger partial charge in [0.25, 0.3) is 0 Å². The lowest BCUT2D eigenvalue weighted by atomic mass is 10.1. The first-order chi connectivity index (χ1) is 14.9. The molecule has 0 amide bonds. The maximum atomic E-state index is 11.1. The van der Waals surface area contributed by atoms with Crippen molar-refractivity contribution in [3.8, 4) is 0 Å². The topological polar surface area (TPSA) is 101 Å². The zero-order valence-corrected chi connectivity index (χ0v) is 19.9. The van der Waals surface area contributed by atoms with Crippen molar-refractivity contribution in [3.63, 3.8) is 0 Å². The zero-order valence-electron chi connectivity index (χ0n) is 19.9. The van der Waals surface area contributed by atoms with Gasteiger partial charge in [-0.05, 0) is 39.5 Å². The van der Waals surface area contributed by atoms with Crippen LogP contribution in [-0.2, 0) is 33.6 Å². The Bertz CT molecular complexity index is 441. The van der Waals surface area contributed by atoms with Gasteiger partial charge in [-0.1, -0.05) is 38.5 Å². The minimum Gasteiger partial charge on any atom is -0.469 e. The molecule has 1 N–H and O–H groups in total. The Labute approximate surface area is 187 Å². The van der Waals surface area contributed by atoms with Crippen LogP contribution in [0.4, 0.5) is 0 Å². The van der Waals surface area contributed by atoms with Gasteiger partial charge < -0.3 is 19.3 Å². The van der Waals surface area contributed by atoms with Crippen LogP contribution in [0.2, 0.25) is 0 Å². The molecule has 0 saturated carbocycles. The summed E-state index contributed by atoms with van der Waals surface area (Å²) >= 11 is 0. The predicted molar refractivity (Wildman–Crippen MR) is 117 cm³/mol. The van der Waals surface area contributed by atoms with E-state index in [9.17, 15) is 14.7 Å². The van der Waals surface area contributed by atoms with Crippen molar-refractivity contribution < 1.29 is 38.7 Å². The van der Waals surface area contributed by atoms with E-state index in [1.165, 1.54) is 14.2 Å². The van der Waals surface area contributed by atoms with Crippen molar-refractivity contribution in [3.05, 3.63) is 0 Å². The molecule has 0 aliphatic heterocycles. The fourth-order valence-corrected chi connectivity index (χ4v) is 3.05. The third-order valence-electron chi connectivity index (χ3n) is 4.81. The summed E-state index contributed by atoms with van der Waals surface area (Å²) in [4.78, 5) is 32.6. The SMILES string of the molecule is COC(=O)CCCCCCCC(O)OOC(CCCCCCCC(=O)OC)OC(C)C. The average Bonchev–Trinajstić information content (AvgIpc) is 2.74. The third-order valence-corrected chi connectivity index (χ3v) is 4.81. The molecular weight excluding hydrogens is 404 g/mol. The standard InChI is InChI=1S/C23H44O8/c1-19(2)29-23(18-14-10-6-8-12-16-21(25)28-4)31-30-22(26)17-13-9-5-7-11-15-20(24)27-3/h19,22-23,26H,5-18H2,1-4H3. The Morgan fingerprint density at radius 2 is 1.13 bits per heavy atom. The fourth-order valence-electron chi connectivity index (χ4n) is 3.05. The van der Waals surface area contributed by atoms with Gasteiger partial charge in [-0.3, -0.25) is 9.59 Å². The summed E-state index contributed by atoms with van der Waals surface area (Å²) in [5.41, 5.74) is 0. The molecule has 31 heavy (non-hydrogen) atoms. The molecule has 0 radical (unpaired) electrons. The zero-order chi connectivity index (χ0) is 23.3. The van der Waals surface area contributed by atoms with Crippen LogP contribution in [0.25, 0.3) is 0 Å². The Morgan fingerprint density at radius 1 is 0.677 bits per heavy atom. The van der Waals surface area contributed by atoms with Gasteiger partial charge in [-0.15, -0.1) is 0 Å². The number of rotatable bonds is 21. The number of unbranched alkanes of at least 4 members (excludes halogenated alkanes) is 8. The van der Waals surface area contributed by atoms with Gasteiger partial charge in [0.1, 0.15) is 0 Å². The first-order valence-electron chi connectivity index (χ1n) is 11.7. The molecule has 0 spiro atoms. The number of carbonyl (C=O) groups excluding carboxylic acids is 2. The van der Waals surface area contributed by atoms with Crippen LogP contribution in [-0.4, -0.2) is 49.9 Å². The molecule has 0 aliphatic rings. The molecule has 8 nitrogen and oxygen atoms in total. The highest BCUT2D eigenvalue weighted by Crippen LogP contribution is 2.15. The molecule has 0 saturated heterocycles.